The number of halogens is 1. The van der Waals surface area contributed by atoms with Crippen molar-refractivity contribution in [1.29, 1.82) is 0 Å². The molecule has 0 radical (unpaired) electrons. The van der Waals surface area contributed by atoms with E-state index in [1.807, 2.05) is 0 Å². The van der Waals surface area contributed by atoms with Gasteiger partial charge in [-0.25, -0.2) is 9.37 Å². The number of rotatable bonds is 5. The summed E-state index contributed by atoms with van der Waals surface area (Å²) in [5, 5.41) is 14.5. The molecule has 0 spiro atoms. The van der Waals surface area contributed by atoms with E-state index < -0.39 is 6.10 Å². The second-order valence-electron chi connectivity index (χ2n) is 4.55. The van der Waals surface area contributed by atoms with Gasteiger partial charge in [0.15, 0.2) is 0 Å². The monoisotopic (exact) mass is 294 g/mol. The molecule has 0 aliphatic carbocycles. The molecule has 2 N–H and O–H groups in total. The van der Waals surface area contributed by atoms with Crippen LogP contribution < -0.4 is 5.32 Å². The Bertz CT molecular complexity index is 557. The zero-order chi connectivity index (χ0) is 14.5. The molecule has 1 aromatic heterocycles. The number of carbonyl (C=O) groups is 1. The summed E-state index contributed by atoms with van der Waals surface area (Å²) >= 11 is 1.35. The van der Waals surface area contributed by atoms with E-state index in [-0.39, 0.29) is 17.8 Å². The van der Waals surface area contributed by atoms with E-state index in [0.717, 1.165) is 0 Å². The Morgan fingerprint density at radius 3 is 2.75 bits per heavy atom. The Morgan fingerprint density at radius 1 is 1.45 bits per heavy atom. The van der Waals surface area contributed by atoms with Gasteiger partial charge in [-0.3, -0.25) is 4.79 Å². The van der Waals surface area contributed by atoms with Crippen LogP contribution in [0, 0.1) is 5.82 Å². The highest BCUT2D eigenvalue weighted by Crippen LogP contribution is 2.18. The summed E-state index contributed by atoms with van der Waals surface area (Å²) in [5.74, 6) is -0.601. The largest absolute Gasteiger partial charge is 0.388 e. The molecular formula is C14H15FN2O2S. The van der Waals surface area contributed by atoms with Gasteiger partial charge < -0.3 is 10.4 Å². The smallest absolute Gasteiger partial charge is 0.270 e. The molecule has 0 aliphatic rings. The van der Waals surface area contributed by atoms with Crippen LogP contribution in [0.1, 0.15) is 35.5 Å². The summed E-state index contributed by atoms with van der Waals surface area (Å²) in [5.41, 5.74) is 2.59. The Kier molecular flexibility index (Phi) is 4.81. The minimum absolute atomic E-state index is 0.218. The maximum Gasteiger partial charge on any atom is 0.270 e. The summed E-state index contributed by atoms with van der Waals surface area (Å²) in [7, 11) is 0. The van der Waals surface area contributed by atoms with Crippen molar-refractivity contribution in [3.8, 4) is 0 Å². The maximum absolute atomic E-state index is 12.8. The zero-order valence-electron chi connectivity index (χ0n) is 10.9. The molecule has 6 heteroatoms. The van der Waals surface area contributed by atoms with Gasteiger partial charge in [0.2, 0.25) is 0 Å². The first-order chi connectivity index (χ1) is 9.56. The third kappa shape index (κ3) is 3.85. The van der Waals surface area contributed by atoms with Gasteiger partial charge in [-0.05, 0) is 31.0 Å². The third-order valence-electron chi connectivity index (χ3n) is 2.87. The molecule has 2 aromatic rings. The molecule has 1 aromatic carbocycles. The van der Waals surface area contributed by atoms with E-state index >= 15 is 0 Å². The highest BCUT2D eigenvalue weighted by molar-refractivity contribution is 7.07. The van der Waals surface area contributed by atoms with Crippen LogP contribution in [0.2, 0.25) is 0 Å². The van der Waals surface area contributed by atoms with Crippen LogP contribution in [-0.4, -0.2) is 22.0 Å². The lowest BCUT2D eigenvalue weighted by atomic mass is 10.0. The predicted molar refractivity (Wildman–Crippen MR) is 75.0 cm³/mol. The van der Waals surface area contributed by atoms with E-state index in [2.05, 4.69) is 10.3 Å². The average molecular weight is 294 g/mol. The van der Waals surface area contributed by atoms with Crippen molar-refractivity contribution in [3.05, 3.63) is 52.2 Å². The fourth-order valence-corrected chi connectivity index (χ4v) is 2.37. The van der Waals surface area contributed by atoms with Crippen molar-refractivity contribution < 1.29 is 14.3 Å². The summed E-state index contributed by atoms with van der Waals surface area (Å²) in [6.45, 7) is 1.80. The lowest BCUT2D eigenvalue weighted by Gasteiger charge is -2.17. The van der Waals surface area contributed by atoms with Crippen molar-refractivity contribution >= 4 is 17.2 Å². The molecule has 20 heavy (non-hydrogen) atoms. The van der Waals surface area contributed by atoms with Crippen LogP contribution in [-0.2, 0) is 0 Å². The Morgan fingerprint density at radius 2 is 2.15 bits per heavy atom. The molecule has 2 rings (SSSR count). The molecule has 1 amide bonds. The zero-order valence-corrected chi connectivity index (χ0v) is 11.7. The minimum atomic E-state index is -0.749. The SMILES string of the molecule is CC(CC(O)c1ccc(F)cc1)NC(=O)c1cscn1. The average Bonchev–Trinajstić information content (AvgIpc) is 2.93. The Labute approximate surface area is 120 Å². The van der Waals surface area contributed by atoms with Crippen LogP contribution in [0.3, 0.4) is 0 Å². The van der Waals surface area contributed by atoms with Crippen LogP contribution in [0.15, 0.2) is 35.2 Å². The quantitative estimate of drug-likeness (QED) is 0.890. The lowest BCUT2D eigenvalue weighted by Crippen LogP contribution is -2.33. The molecule has 1 heterocycles. The van der Waals surface area contributed by atoms with E-state index in [1.165, 1.54) is 35.6 Å². The van der Waals surface area contributed by atoms with Crippen LogP contribution in [0.4, 0.5) is 4.39 Å². The number of carbonyl (C=O) groups excluding carboxylic acids is 1. The number of aliphatic hydroxyl groups excluding tert-OH is 1. The van der Waals surface area contributed by atoms with E-state index in [1.54, 1.807) is 17.8 Å². The number of thiazole rings is 1. The highest BCUT2D eigenvalue weighted by Gasteiger charge is 2.16. The molecule has 106 valence electrons. The van der Waals surface area contributed by atoms with Crippen molar-refractivity contribution in [1.82, 2.24) is 10.3 Å². The molecule has 0 aliphatic heterocycles. The van der Waals surface area contributed by atoms with Crippen molar-refractivity contribution in [2.75, 3.05) is 0 Å². The number of hydrogen-bond acceptors (Lipinski definition) is 4. The van der Waals surface area contributed by atoms with E-state index in [9.17, 15) is 14.3 Å². The van der Waals surface area contributed by atoms with Gasteiger partial charge in [0.1, 0.15) is 11.5 Å². The third-order valence-corrected chi connectivity index (χ3v) is 3.46. The molecule has 0 saturated heterocycles. The number of hydrogen-bond donors (Lipinski definition) is 2. The summed E-state index contributed by atoms with van der Waals surface area (Å²) in [6.07, 6.45) is -0.400. The minimum Gasteiger partial charge on any atom is -0.388 e. The lowest BCUT2D eigenvalue weighted by molar-refractivity contribution is 0.0912. The number of aromatic nitrogens is 1. The van der Waals surface area contributed by atoms with E-state index in [4.69, 9.17) is 0 Å². The molecule has 2 unspecified atom stereocenters. The summed E-state index contributed by atoms with van der Waals surface area (Å²) in [4.78, 5) is 15.7. The fourth-order valence-electron chi connectivity index (χ4n) is 1.84. The molecule has 2 atom stereocenters. The second-order valence-corrected chi connectivity index (χ2v) is 5.27. The predicted octanol–water partition coefficient (Wildman–Crippen LogP) is 2.52. The topological polar surface area (TPSA) is 62.2 Å². The van der Waals surface area contributed by atoms with Gasteiger partial charge in [-0.1, -0.05) is 12.1 Å². The van der Waals surface area contributed by atoms with Crippen molar-refractivity contribution in [2.45, 2.75) is 25.5 Å². The number of benzene rings is 1. The first kappa shape index (κ1) is 14.6. The van der Waals surface area contributed by atoms with Gasteiger partial charge in [0.25, 0.3) is 5.91 Å². The van der Waals surface area contributed by atoms with Crippen LogP contribution in [0.25, 0.3) is 0 Å². The van der Waals surface area contributed by atoms with Crippen molar-refractivity contribution in [3.63, 3.8) is 0 Å². The van der Waals surface area contributed by atoms with Gasteiger partial charge in [0, 0.05) is 11.4 Å². The Balaban J connectivity index is 1.89. The van der Waals surface area contributed by atoms with Crippen LogP contribution >= 0.6 is 11.3 Å². The maximum atomic E-state index is 12.8. The normalized spacial score (nSPS) is 13.8. The molecule has 0 saturated carbocycles. The number of amides is 1. The van der Waals surface area contributed by atoms with Gasteiger partial charge in [-0.15, -0.1) is 11.3 Å². The molecule has 0 bridgehead atoms. The molecule has 4 nitrogen and oxygen atoms in total. The standard InChI is InChI=1S/C14H15FN2O2S/c1-9(17-14(19)12-7-20-8-16-12)6-13(18)10-2-4-11(15)5-3-10/h2-5,7-9,13,18H,6H2,1H3,(H,17,19). The van der Waals surface area contributed by atoms with Crippen molar-refractivity contribution in [2.24, 2.45) is 0 Å². The summed E-state index contributed by atoms with van der Waals surface area (Å²) in [6, 6.07) is 5.46. The number of nitrogens with one attached hydrogen (secondary N) is 1. The molecular weight excluding hydrogens is 279 g/mol. The number of aliphatic hydroxyl groups is 1. The van der Waals surface area contributed by atoms with Crippen LogP contribution in [0.5, 0.6) is 0 Å². The second kappa shape index (κ2) is 6.58. The fraction of sp³-hybridized carbons (Fsp3) is 0.286. The van der Waals surface area contributed by atoms with Gasteiger partial charge in [0.05, 0.1) is 11.6 Å². The number of nitrogens with zero attached hydrogens (tertiary/aromatic N) is 1. The van der Waals surface area contributed by atoms with Gasteiger partial charge >= 0.3 is 0 Å². The first-order valence-electron chi connectivity index (χ1n) is 6.19. The van der Waals surface area contributed by atoms with E-state index in [0.29, 0.717) is 17.7 Å². The first-order valence-corrected chi connectivity index (χ1v) is 7.13. The Hall–Kier alpha value is -1.79. The highest BCUT2D eigenvalue weighted by atomic mass is 32.1. The summed E-state index contributed by atoms with van der Waals surface area (Å²) < 4.78 is 12.8. The molecule has 0 fully saturated rings. The van der Waals surface area contributed by atoms with Gasteiger partial charge in [-0.2, -0.15) is 0 Å².